The van der Waals surface area contributed by atoms with Gasteiger partial charge in [0.2, 0.25) is 10.0 Å². The van der Waals surface area contributed by atoms with Crippen molar-refractivity contribution in [3.8, 4) is 0 Å². The van der Waals surface area contributed by atoms with E-state index in [1.165, 1.54) is 23.5 Å². The zero-order chi connectivity index (χ0) is 15.6. The third-order valence-corrected chi connectivity index (χ3v) is 6.87. The quantitative estimate of drug-likeness (QED) is 0.759. The summed E-state index contributed by atoms with van der Waals surface area (Å²) in [6.45, 7) is 0.312. The zero-order valence-corrected chi connectivity index (χ0v) is 15.3. The normalized spacial score (nSPS) is 11.8. The Kier molecular flexibility index (Phi) is 5.70. The maximum Gasteiger partial charge on any atom is 0.242 e. The van der Waals surface area contributed by atoms with Crippen molar-refractivity contribution in [3.63, 3.8) is 0 Å². The molecule has 0 fully saturated rings. The zero-order valence-electron chi connectivity index (χ0n) is 10.6. The molecule has 2 aromatic rings. The highest BCUT2D eigenvalue weighted by atomic mass is 79.9. The number of nitrogens with one attached hydrogen (secondary N) is 1. The molecule has 0 atom stereocenters. The standard InChI is InChI=1S/C12H11BrCl2N2O2S2/c13-8-1-2-20-11(8)6-17-21(18,19)12-3-7(5-16)9(14)4-10(12)15/h1-4,17H,5-6,16H2. The topological polar surface area (TPSA) is 72.2 Å². The fraction of sp³-hybridized carbons (Fsp3) is 0.167. The molecule has 4 nitrogen and oxygen atoms in total. The maximum atomic E-state index is 12.3. The van der Waals surface area contributed by atoms with E-state index < -0.39 is 10.0 Å². The average Bonchev–Trinajstić information content (AvgIpc) is 2.82. The molecule has 0 radical (unpaired) electrons. The minimum absolute atomic E-state index is 0.0262. The van der Waals surface area contributed by atoms with E-state index in [4.69, 9.17) is 28.9 Å². The van der Waals surface area contributed by atoms with Crippen LogP contribution in [0.3, 0.4) is 0 Å². The number of nitrogens with two attached hydrogens (primary N) is 1. The van der Waals surface area contributed by atoms with Crippen LogP contribution in [0.2, 0.25) is 10.0 Å². The second-order valence-electron chi connectivity index (χ2n) is 4.09. The fourth-order valence-corrected chi connectivity index (χ4v) is 5.01. The number of thiophene rings is 1. The highest BCUT2D eigenvalue weighted by Gasteiger charge is 2.20. The molecule has 114 valence electrons. The molecule has 0 amide bonds. The van der Waals surface area contributed by atoms with E-state index in [9.17, 15) is 8.42 Å². The van der Waals surface area contributed by atoms with Crippen LogP contribution in [0.15, 0.2) is 32.9 Å². The van der Waals surface area contributed by atoms with Crippen molar-refractivity contribution in [2.45, 2.75) is 18.0 Å². The number of benzene rings is 1. The molecule has 1 aromatic heterocycles. The summed E-state index contributed by atoms with van der Waals surface area (Å²) in [6, 6.07) is 4.65. The number of halogens is 3. The molecule has 21 heavy (non-hydrogen) atoms. The number of hydrogen-bond donors (Lipinski definition) is 2. The molecule has 1 heterocycles. The van der Waals surface area contributed by atoms with Gasteiger partial charge in [-0.25, -0.2) is 13.1 Å². The van der Waals surface area contributed by atoms with Gasteiger partial charge in [0.25, 0.3) is 0 Å². The summed E-state index contributed by atoms with van der Waals surface area (Å²) >= 11 is 16.7. The molecule has 0 spiro atoms. The van der Waals surface area contributed by atoms with Gasteiger partial charge in [-0.3, -0.25) is 0 Å². The Hall–Kier alpha value is -0.150. The Morgan fingerprint density at radius 2 is 2.00 bits per heavy atom. The molecule has 0 aliphatic heterocycles. The van der Waals surface area contributed by atoms with Gasteiger partial charge in [0.15, 0.2) is 0 Å². The monoisotopic (exact) mass is 428 g/mol. The SMILES string of the molecule is NCc1cc(S(=O)(=O)NCc2sccc2Br)c(Cl)cc1Cl. The highest BCUT2D eigenvalue weighted by molar-refractivity contribution is 9.10. The maximum absolute atomic E-state index is 12.3. The first kappa shape index (κ1) is 17.2. The Balaban J connectivity index is 2.29. The number of sulfonamides is 1. The third kappa shape index (κ3) is 3.98. The van der Waals surface area contributed by atoms with Gasteiger partial charge in [-0.1, -0.05) is 23.2 Å². The van der Waals surface area contributed by atoms with Gasteiger partial charge in [-0.05, 0) is 45.1 Å². The second kappa shape index (κ2) is 6.95. The molecule has 0 unspecified atom stereocenters. The largest absolute Gasteiger partial charge is 0.326 e. The van der Waals surface area contributed by atoms with Gasteiger partial charge < -0.3 is 5.73 Å². The van der Waals surface area contributed by atoms with Crippen LogP contribution in [-0.2, 0) is 23.1 Å². The molecule has 0 saturated carbocycles. The van der Waals surface area contributed by atoms with Crippen molar-refractivity contribution in [3.05, 3.63) is 48.5 Å². The first-order valence-corrected chi connectivity index (χ1v) is 9.66. The summed E-state index contributed by atoms with van der Waals surface area (Å²) in [4.78, 5) is 0.851. The van der Waals surface area contributed by atoms with Crippen molar-refractivity contribution < 1.29 is 8.42 Å². The molecule has 0 aliphatic carbocycles. The summed E-state index contributed by atoms with van der Waals surface area (Å²) in [7, 11) is -3.74. The van der Waals surface area contributed by atoms with Gasteiger partial charge >= 0.3 is 0 Å². The predicted octanol–water partition coefficient (Wildman–Crippen LogP) is 3.75. The summed E-state index contributed by atoms with van der Waals surface area (Å²) in [5.74, 6) is 0. The van der Waals surface area contributed by atoms with E-state index in [2.05, 4.69) is 20.7 Å². The first-order chi connectivity index (χ1) is 9.85. The average molecular weight is 430 g/mol. The Morgan fingerprint density at radius 1 is 1.29 bits per heavy atom. The van der Waals surface area contributed by atoms with Gasteiger partial charge in [0.05, 0.1) is 5.02 Å². The van der Waals surface area contributed by atoms with Crippen molar-refractivity contribution in [1.82, 2.24) is 4.72 Å². The lowest BCUT2D eigenvalue weighted by atomic mass is 10.2. The molecule has 2 rings (SSSR count). The van der Waals surface area contributed by atoms with Crippen LogP contribution < -0.4 is 10.5 Å². The number of hydrogen-bond acceptors (Lipinski definition) is 4. The molecule has 0 aliphatic rings. The molecule has 9 heteroatoms. The summed E-state index contributed by atoms with van der Waals surface area (Å²) in [5, 5.41) is 2.28. The van der Waals surface area contributed by atoms with E-state index in [1.54, 1.807) is 0 Å². The molecule has 0 bridgehead atoms. The lowest BCUT2D eigenvalue weighted by molar-refractivity contribution is 0.581. The fourth-order valence-electron chi connectivity index (χ4n) is 1.62. The van der Waals surface area contributed by atoms with Crippen LogP contribution in [0.1, 0.15) is 10.4 Å². The summed E-state index contributed by atoms with van der Waals surface area (Å²) in [5.41, 5.74) is 6.06. The smallest absolute Gasteiger partial charge is 0.242 e. The molecular weight excluding hydrogens is 419 g/mol. The van der Waals surface area contributed by atoms with Crippen molar-refractivity contribution in [2.24, 2.45) is 5.73 Å². The van der Waals surface area contributed by atoms with Crippen molar-refractivity contribution in [1.29, 1.82) is 0 Å². The summed E-state index contributed by atoms with van der Waals surface area (Å²) in [6.07, 6.45) is 0. The van der Waals surface area contributed by atoms with Crippen LogP contribution in [0, 0.1) is 0 Å². The second-order valence-corrected chi connectivity index (χ2v) is 8.50. The van der Waals surface area contributed by atoms with Crippen LogP contribution in [-0.4, -0.2) is 8.42 Å². The Labute approximate surface area is 145 Å². The van der Waals surface area contributed by atoms with E-state index in [-0.39, 0.29) is 23.0 Å². The van der Waals surface area contributed by atoms with Gasteiger partial charge in [0.1, 0.15) is 4.90 Å². The molecular formula is C12H11BrCl2N2O2S2. The van der Waals surface area contributed by atoms with E-state index in [1.807, 2.05) is 11.4 Å². The number of rotatable bonds is 5. The Morgan fingerprint density at radius 3 is 2.57 bits per heavy atom. The molecule has 3 N–H and O–H groups in total. The first-order valence-electron chi connectivity index (χ1n) is 5.74. The lowest BCUT2D eigenvalue weighted by Crippen LogP contribution is -2.23. The lowest BCUT2D eigenvalue weighted by Gasteiger charge is -2.10. The molecule has 0 saturated heterocycles. The van der Waals surface area contributed by atoms with Crippen LogP contribution >= 0.6 is 50.5 Å². The minimum atomic E-state index is -3.74. The van der Waals surface area contributed by atoms with Gasteiger partial charge in [-0.15, -0.1) is 11.3 Å². The highest BCUT2D eigenvalue weighted by Crippen LogP contribution is 2.29. The van der Waals surface area contributed by atoms with Crippen LogP contribution in [0.4, 0.5) is 0 Å². The minimum Gasteiger partial charge on any atom is -0.326 e. The van der Waals surface area contributed by atoms with Crippen LogP contribution in [0.25, 0.3) is 0 Å². The van der Waals surface area contributed by atoms with E-state index >= 15 is 0 Å². The van der Waals surface area contributed by atoms with Gasteiger partial charge in [0, 0.05) is 27.5 Å². The summed E-state index contributed by atoms with van der Waals surface area (Å²) < 4.78 is 28.1. The van der Waals surface area contributed by atoms with E-state index in [0.29, 0.717) is 10.6 Å². The van der Waals surface area contributed by atoms with Gasteiger partial charge in [-0.2, -0.15) is 0 Å². The third-order valence-electron chi connectivity index (χ3n) is 2.72. The van der Waals surface area contributed by atoms with E-state index in [0.717, 1.165) is 9.35 Å². The van der Waals surface area contributed by atoms with Crippen LogP contribution in [0.5, 0.6) is 0 Å². The molecule has 1 aromatic carbocycles. The Bertz CT molecular complexity index is 763. The van der Waals surface area contributed by atoms with Crippen molar-refractivity contribution in [2.75, 3.05) is 0 Å². The predicted molar refractivity (Wildman–Crippen MR) is 90.4 cm³/mol. The van der Waals surface area contributed by atoms with Crippen molar-refractivity contribution >= 4 is 60.5 Å².